The second kappa shape index (κ2) is 7.05. The van der Waals surface area contributed by atoms with Gasteiger partial charge in [-0.25, -0.2) is 13.2 Å². The minimum Gasteiger partial charge on any atom is -0.466 e. The minimum absolute atomic E-state index is 0.124. The molecule has 0 bridgehead atoms. The van der Waals surface area contributed by atoms with Crippen molar-refractivity contribution < 1.29 is 17.9 Å². The zero-order chi connectivity index (χ0) is 18.9. The van der Waals surface area contributed by atoms with Crippen LogP contribution in [0.1, 0.15) is 22.7 Å². The molecule has 2 aromatic carbocycles. The van der Waals surface area contributed by atoms with Crippen molar-refractivity contribution in [2.24, 2.45) is 0 Å². The number of aryl methyl sites for hydroxylation is 2. The zero-order valence-corrected chi connectivity index (χ0v) is 15.8. The summed E-state index contributed by atoms with van der Waals surface area (Å²) in [6.07, 6.45) is 1.63. The van der Waals surface area contributed by atoms with Gasteiger partial charge in [0.15, 0.2) is 0 Å². The van der Waals surface area contributed by atoms with Gasteiger partial charge >= 0.3 is 5.97 Å². The highest BCUT2D eigenvalue weighted by Gasteiger charge is 2.40. The Kier molecular flexibility index (Phi) is 4.98. The van der Waals surface area contributed by atoms with Gasteiger partial charge in [0.2, 0.25) is 10.0 Å². The SMILES string of the molecule is COC(=O)C1=CCN(S(=O)(=O)c2ccc(C)cc2)C1c1ccc(C)cc1. The van der Waals surface area contributed by atoms with Gasteiger partial charge in [0.1, 0.15) is 0 Å². The van der Waals surface area contributed by atoms with Gasteiger partial charge < -0.3 is 4.74 Å². The number of benzene rings is 2. The summed E-state index contributed by atoms with van der Waals surface area (Å²) in [7, 11) is -2.47. The van der Waals surface area contributed by atoms with E-state index in [1.165, 1.54) is 11.4 Å². The molecule has 0 saturated carbocycles. The smallest absolute Gasteiger partial charge is 0.335 e. The molecule has 136 valence electrons. The number of methoxy groups -OCH3 is 1. The van der Waals surface area contributed by atoms with E-state index in [2.05, 4.69) is 0 Å². The molecule has 1 atom stereocenters. The number of nitrogens with zero attached hydrogens (tertiary/aromatic N) is 1. The van der Waals surface area contributed by atoms with E-state index in [9.17, 15) is 13.2 Å². The van der Waals surface area contributed by atoms with Crippen molar-refractivity contribution >= 4 is 16.0 Å². The van der Waals surface area contributed by atoms with Crippen molar-refractivity contribution in [1.82, 2.24) is 4.31 Å². The van der Waals surface area contributed by atoms with E-state index in [1.54, 1.807) is 30.3 Å². The van der Waals surface area contributed by atoms with Crippen LogP contribution in [0, 0.1) is 13.8 Å². The molecule has 3 rings (SSSR count). The predicted molar refractivity (Wildman–Crippen MR) is 99.1 cm³/mol. The lowest BCUT2D eigenvalue weighted by Crippen LogP contribution is -2.33. The Balaban J connectivity index is 2.06. The van der Waals surface area contributed by atoms with Gasteiger partial charge in [-0.05, 0) is 31.5 Å². The molecule has 0 radical (unpaired) electrons. The zero-order valence-electron chi connectivity index (χ0n) is 15.0. The summed E-state index contributed by atoms with van der Waals surface area (Å²) in [5.41, 5.74) is 3.12. The fourth-order valence-electron chi connectivity index (χ4n) is 3.05. The number of ether oxygens (including phenoxy) is 1. The van der Waals surface area contributed by atoms with E-state index >= 15 is 0 Å². The first-order valence-corrected chi connectivity index (χ1v) is 9.72. The van der Waals surface area contributed by atoms with E-state index in [1.807, 2.05) is 38.1 Å². The molecule has 1 aliphatic rings. The third-order valence-electron chi connectivity index (χ3n) is 4.52. The van der Waals surface area contributed by atoms with Crippen molar-refractivity contribution in [1.29, 1.82) is 0 Å². The van der Waals surface area contributed by atoms with E-state index in [4.69, 9.17) is 4.74 Å². The molecule has 0 N–H and O–H groups in total. The highest BCUT2D eigenvalue weighted by molar-refractivity contribution is 7.89. The topological polar surface area (TPSA) is 63.7 Å². The normalized spacial score (nSPS) is 17.8. The molecule has 0 saturated heterocycles. The fourth-order valence-corrected chi connectivity index (χ4v) is 4.58. The summed E-state index contributed by atoms with van der Waals surface area (Å²) >= 11 is 0. The first kappa shape index (κ1) is 18.4. The lowest BCUT2D eigenvalue weighted by molar-refractivity contribution is -0.136. The molecule has 26 heavy (non-hydrogen) atoms. The minimum atomic E-state index is -3.76. The molecule has 0 aromatic heterocycles. The van der Waals surface area contributed by atoms with Crippen LogP contribution in [-0.2, 0) is 19.6 Å². The maximum atomic E-state index is 13.2. The highest BCUT2D eigenvalue weighted by Crippen LogP contribution is 2.38. The maximum Gasteiger partial charge on any atom is 0.335 e. The first-order chi connectivity index (χ1) is 12.3. The summed E-state index contributed by atoms with van der Waals surface area (Å²) < 4.78 is 32.6. The number of sulfonamides is 1. The number of esters is 1. The van der Waals surface area contributed by atoms with Crippen LogP contribution in [0.25, 0.3) is 0 Å². The van der Waals surface area contributed by atoms with Crippen LogP contribution in [0.3, 0.4) is 0 Å². The van der Waals surface area contributed by atoms with E-state index < -0.39 is 22.0 Å². The van der Waals surface area contributed by atoms with Crippen LogP contribution in [0.2, 0.25) is 0 Å². The van der Waals surface area contributed by atoms with Crippen molar-refractivity contribution in [2.45, 2.75) is 24.8 Å². The summed E-state index contributed by atoms with van der Waals surface area (Å²) in [5, 5.41) is 0. The summed E-state index contributed by atoms with van der Waals surface area (Å²) in [6, 6.07) is 13.5. The Labute approximate surface area is 154 Å². The molecule has 1 heterocycles. The molecule has 1 unspecified atom stereocenters. The third kappa shape index (κ3) is 3.30. The lowest BCUT2D eigenvalue weighted by atomic mass is 10.00. The maximum absolute atomic E-state index is 13.2. The lowest BCUT2D eigenvalue weighted by Gasteiger charge is -2.26. The predicted octanol–water partition coefficient (Wildman–Crippen LogP) is 3.15. The summed E-state index contributed by atoms with van der Waals surface area (Å²) in [5.74, 6) is -0.516. The second-order valence-electron chi connectivity index (χ2n) is 6.35. The molecule has 0 spiro atoms. The molecule has 6 heteroatoms. The Hall–Kier alpha value is -2.44. The van der Waals surface area contributed by atoms with Crippen molar-refractivity contribution in [3.63, 3.8) is 0 Å². The Morgan fingerprint density at radius 3 is 2.08 bits per heavy atom. The third-order valence-corrected chi connectivity index (χ3v) is 6.36. The van der Waals surface area contributed by atoms with Crippen LogP contribution >= 0.6 is 0 Å². The van der Waals surface area contributed by atoms with Crippen molar-refractivity contribution in [3.05, 3.63) is 76.9 Å². The number of hydrogen-bond acceptors (Lipinski definition) is 4. The van der Waals surface area contributed by atoms with E-state index in [0.29, 0.717) is 5.57 Å². The molecule has 1 aliphatic heterocycles. The van der Waals surface area contributed by atoms with E-state index in [0.717, 1.165) is 16.7 Å². The van der Waals surface area contributed by atoms with Gasteiger partial charge in [0.05, 0.1) is 23.6 Å². The average Bonchev–Trinajstić information content (AvgIpc) is 3.08. The number of rotatable bonds is 4. The van der Waals surface area contributed by atoms with Gasteiger partial charge in [-0.15, -0.1) is 0 Å². The largest absolute Gasteiger partial charge is 0.466 e. The summed E-state index contributed by atoms with van der Waals surface area (Å²) in [6.45, 7) is 3.98. The Morgan fingerprint density at radius 1 is 1.00 bits per heavy atom. The molecular weight excluding hydrogens is 350 g/mol. The van der Waals surface area contributed by atoms with Crippen LogP contribution in [0.15, 0.2) is 65.1 Å². The van der Waals surface area contributed by atoms with Gasteiger partial charge in [-0.1, -0.05) is 53.6 Å². The van der Waals surface area contributed by atoms with Crippen molar-refractivity contribution in [2.75, 3.05) is 13.7 Å². The first-order valence-electron chi connectivity index (χ1n) is 8.28. The van der Waals surface area contributed by atoms with Crippen LogP contribution < -0.4 is 0 Å². The standard InChI is InChI=1S/C20H21NO4S/c1-14-4-8-16(9-5-14)19-18(20(22)25-3)12-13-21(19)26(23,24)17-10-6-15(2)7-11-17/h4-12,19H,13H2,1-3H3. The van der Waals surface area contributed by atoms with Gasteiger partial charge in [-0.3, -0.25) is 0 Å². The molecule has 2 aromatic rings. The molecule has 0 fully saturated rings. The Morgan fingerprint density at radius 2 is 1.54 bits per heavy atom. The summed E-state index contributed by atoms with van der Waals surface area (Å²) in [4.78, 5) is 12.4. The number of carbonyl (C=O) groups is 1. The van der Waals surface area contributed by atoms with E-state index in [-0.39, 0.29) is 11.4 Å². The monoisotopic (exact) mass is 371 g/mol. The number of hydrogen-bond donors (Lipinski definition) is 0. The Bertz CT molecular complexity index is 944. The molecular formula is C20H21NO4S. The highest BCUT2D eigenvalue weighted by atomic mass is 32.2. The van der Waals surface area contributed by atoms with Crippen LogP contribution in [0.4, 0.5) is 0 Å². The van der Waals surface area contributed by atoms with Crippen LogP contribution in [-0.4, -0.2) is 32.3 Å². The van der Waals surface area contributed by atoms with Gasteiger partial charge in [-0.2, -0.15) is 4.31 Å². The molecule has 0 aliphatic carbocycles. The average molecular weight is 371 g/mol. The van der Waals surface area contributed by atoms with Gasteiger partial charge in [0.25, 0.3) is 0 Å². The van der Waals surface area contributed by atoms with Gasteiger partial charge in [0, 0.05) is 6.54 Å². The molecule has 5 nitrogen and oxygen atoms in total. The molecule has 0 amide bonds. The fraction of sp³-hybridized carbons (Fsp3) is 0.250. The number of carbonyl (C=O) groups excluding carboxylic acids is 1. The second-order valence-corrected chi connectivity index (χ2v) is 8.24. The van der Waals surface area contributed by atoms with Crippen LogP contribution in [0.5, 0.6) is 0 Å². The quantitative estimate of drug-likeness (QED) is 0.775. The van der Waals surface area contributed by atoms with Crippen molar-refractivity contribution in [3.8, 4) is 0 Å².